The monoisotopic (exact) mass is 354 g/mol. The molecule has 0 aromatic carbocycles. The van der Waals surface area contributed by atoms with E-state index in [4.69, 9.17) is 0 Å². The zero-order chi connectivity index (χ0) is 13.3. The molecule has 1 saturated carbocycles. The van der Waals surface area contributed by atoms with Crippen molar-refractivity contribution in [3.05, 3.63) is 9.66 Å². The molecule has 0 amide bonds. The Kier molecular flexibility index (Phi) is 4.19. The summed E-state index contributed by atoms with van der Waals surface area (Å²) in [5, 5.41) is 10.2. The van der Waals surface area contributed by atoms with Crippen molar-refractivity contribution >= 4 is 34.5 Å². The highest BCUT2D eigenvalue weighted by atomic mass is 127. The number of carbonyl (C=O) groups excluding carboxylic acids is 2. The van der Waals surface area contributed by atoms with Crippen LogP contribution in [0, 0.1) is 5.41 Å². The molecule has 0 aliphatic heterocycles. The Balaban J connectivity index is 3.22. The van der Waals surface area contributed by atoms with Gasteiger partial charge >= 0.3 is 11.9 Å². The first-order chi connectivity index (χ1) is 7.84. The van der Waals surface area contributed by atoms with Gasteiger partial charge in [0.05, 0.1) is 19.8 Å². The average molecular weight is 354 g/mol. The van der Waals surface area contributed by atoms with Crippen LogP contribution in [0.5, 0.6) is 0 Å². The smallest absolute Gasteiger partial charge is 0.323 e. The quantitative estimate of drug-likeness (QED) is 0.458. The Morgan fingerprint density at radius 2 is 1.82 bits per heavy atom. The Morgan fingerprint density at radius 3 is 2.12 bits per heavy atom. The molecule has 6 heteroatoms. The molecule has 0 aromatic heterocycles. The van der Waals surface area contributed by atoms with E-state index in [9.17, 15) is 14.7 Å². The maximum atomic E-state index is 11.8. The molecule has 0 radical (unpaired) electrons. The first-order valence-electron chi connectivity index (χ1n) is 5.03. The van der Waals surface area contributed by atoms with Gasteiger partial charge in [0.2, 0.25) is 0 Å². The van der Waals surface area contributed by atoms with Gasteiger partial charge < -0.3 is 14.6 Å². The van der Waals surface area contributed by atoms with E-state index in [0.29, 0.717) is 5.57 Å². The van der Waals surface area contributed by atoms with Gasteiger partial charge in [0, 0.05) is 6.42 Å². The van der Waals surface area contributed by atoms with Crippen LogP contribution < -0.4 is 0 Å². The first kappa shape index (κ1) is 14.4. The topological polar surface area (TPSA) is 72.8 Å². The second-order valence-electron chi connectivity index (χ2n) is 4.33. The van der Waals surface area contributed by atoms with Gasteiger partial charge in [-0.05, 0) is 23.0 Å². The largest absolute Gasteiger partial charge is 0.468 e. The van der Waals surface area contributed by atoms with Crippen molar-refractivity contribution in [3.63, 3.8) is 0 Å². The number of hydrogen-bond acceptors (Lipinski definition) is 5. The third-order valence-electron chi connectivity index (χ3n) is 3.11. The molecular weight excluding hydrogens is 339 g/mol. The molecule has 1 atom stereocenters. The van der Waals surface area contributed by atoms with E-state index in [1.807, 2.05) is 22.6 Å². The van der Waals surface area contributed by atoms with Crippen LogP contribution in [0.15, 0.2) is 9.66 Å². The summed E-state index contributed by atoms with van der Waals surface area (Å²) in [4.78, 5) is 23.6. The predicted octanol–water partition coefficient (Wildman–Crippen LogP) is 1.18. The summed E-state index contributed by atoms with van der Waals surface area (Å²) < 4.78 is 11.0. The molecular formula is C11H15IO5. The summed E-state index contributed by atoms with van der Waals surface area (Å²) >= 11 is 1.98. The molecule has 0 spiro atoms. The van der Waals surface area contributed by atoms with Crippen molar-refractivity contribution in [1.82, 2.24) is 0 Å². The van der Waals surface area contributed by atoms with Gasteiger partial charge in [0.1, 0.15) is 0 Å². The zero-order valence-electron chi connectivity index (χ0n) is 9.95. The molecule has 1 unspecified atom stereocenters. The summed E-state index contributed by atoms with van der Waals surface area (Å²) in [7, 11) is 2.43. The van der Waals surface area contributed by atoms with Crippen LogP contribution in [0.4, 0.5) is 0 Å². The fraction of sp³-hybridized carbons (Fsp3) is 0.636. The Morgan fingerprint density at radius 1 is 1.35 bits per heavy atom. The highest BCUT2D eigenvalue weighted by Crippen LogP contribution is 2.49. The predicted molar refractivity (Wildman–Crippen MR) is 68.4 cm³/mol. The van der Waals surface area contributed by atoms with E-state index in [1.165, 1.54) is 14.2 Å². The van der Waals surface area contributed by atoms with Gasteiger partial charge in [0.25, 0.3) is 0 Å². The van der Waals surface area contributed by atoms with Gasteiger partial charge in [-0.1, -0.05) is 22.6 Å². The maximum absolute atomic E-state index is 11.8. The second-order valence-corrected chi connectivity index (χ2v) is 4.95. The fourth-order valence-corrected chi connectivity index (χ4v) is 3.09. The van der Waals surface area contributed by atoms with Crippen molar-refractivity contribution in [1.29, 1.82) is 0 Å². The molecule has 0 aromatic rings. The van der Waals surface area contributed by atoms with Gasteiger partial charge in [0.15, 0.2) is 5.41 Å². The van der Waals surface area contributed by atoms with Crippen molar-refractivity contribution in [2.24, 2.45) is 5.41 Å². The first-order valence-corrected chi connectivity index (χ1v) is 6.27. The highest BCUT2D eigenvalue weighted by molar-refractivity contribution is 14.1. The van der Waals surface area contributed by atoms with Crippen molar-refractivity contribution in [3.8, 4) is 0 Å². The minimum absolute atomic E-state index is 0.0197. The van der Waals surface area contributed by atoms with E-state index in [-0.39, 0.29) is 12.8 Å². The van der Waals surface area contributed by atoms with Crippen LogP contribution in [0.2, 0.25) is 0 Å². The Hall–Kier alpha value is -0.630. The second kappa shape index (κ2) is 4.93. The lowest BCUT2D eigenvalue weighted by Crippen LogP contribution is -2.40. The van der Waals surface area contributed by atoms with Gasteiger partial charge in [-0.15, -0.1) is 0 Å². The molecule has 5 nitrogen and oxygen atoms in total. The Labute approximate surface area is 113 Å². The summed E-state index contributed by atoms with van der Waals surface area (Å²) in [6.45, 7) is 1.57. The number of esters is 2. The lowest BCUT2D eigenvalue weighted by Gasteiger charge is -2.24. The van der Waals surface area contributed by atoms with Crippen LogP contribution in [-0.4, -0.2) is 36.9 Å². The average Bonchev–Trinajstić information content (AvgIpc) is 2.59. The van der Waals surface area contributed by atoms with Gasteiger partial charge in [-0.2, -0.15) is 0 Å². The lowest BCUT2D eigenvalue weighted by atomic mass is 9.84. The molecule has 1 fully saturated rings. The van der Waals surface area contributed by atoms with Crippen LogP contribution in [0.3, 0.4) is 0 Å². The van der Waals surface area contributed by atoms with E-state index in [1.54, 1.807) is 11.0 Å². The number of aliphatic hydroxyl groups is 1. The van der Waals surface area contributed by atoms with Crippen LogP contribution in [0.25, 0.3) is 0 Å². The van der Waals surface area contributed by atoms with Crippen LogP contribution in [-0.2, 0) is 19.1 Å². The SMILES string of the molecule is COC(=O)C1(C(=O)OC)C/C(=C\I)C(C)(O)C1. The van der Waals surface area contributed by atoms with Crippen molar-refractivity contribution in [2.45, 2.75) is 25.4 Å². The third kappa shape index (κ3) is 2.33. The summed E-state index contributed by atoms with van der Waals surface area (Å²) in [5.41, 5.74) is -1.98. The summed E-state index contributed by atoms with van der Waals surface area (Å²) in [5.74, 6) is -1.34. The summed E-state index contributed by atoms with van der Waals surface area (Å²) in [6.07, 6.45) is 0.108. The van der Waals surface area contributed by atoms with Gasteiger partial charge in [-0.3, -0.25) is 9.59 Å². The van der Waals surface area contributed by atoms with Crippen LogP contribution >= 0.6 is 22.6 Å². The molecule has 17 heavy (non-hydrogen) atoms. The minimum Gasteiger partial charge on any atom is -0.468 e. The van der Waals surface area contributed by atoms with E-state index in [2.05, 4.69) is 9.47 Å². The van der Waals surface area contributed by atoms with Crippen molar-refractivity contribution in [2.75, 3.05) is 14.2 Å². The number of halogens is 1. The summed E-state index contributed by atoms with van der Waals surface area (Å²) in [6, 6.07) is 0. The number of carbonyl (C=O) groups is 2. The normalized spacial score (nSPS) is 29.1. The van der Waals surface area contributed by atoms with Crippen LogP contribution in [0.1, 0.15) is 19.8 Å². The molecule has 1 aliphatic carbocycles. The molecule has 1 aliphatic rings. The molecule has 0 bridgehead atoms. The molecule has 0 saturated heterocycles. The standard InChI is InChI=1S/C11H15IO5/c1-10(15)6-11(8(13)16-2,9(14)17-3)4-7(10)5-12/h5,15H,4,6H2,1-3H3/b7-5+. The number of methoxy groups -OCH3 is 2. The van der Waals surface area contributed by atoms with E-state index in [0.717, 1.165) is 0 Å². The van der Waals surface area contributed by atoms with Crippen molar-refractivity contribution < 1.29 is 24.2 Å². The minimum atomic E-state index is -1.43. The highest BCUT2D eigenvalue weighted by Gasteiger charge is 2.59. The van der Waals surface area contributed by atoms with E-state index < -0.39 is 23.0 Å². The van der Waals surface area contributed by atoms with Gasteiger partial charge in [-0.25, -0.2) is 0 Å². The zero-order valence-corrected chi connectivity index (χ0v) is 12.1. The molecule has 96 valence electrons. The molecule has 1 N–H and O–H groups in total. The molecule has 1 rings (SSSR count). The number of rotatable bonds is 2. The lowest BCUT2D eigenvalue weighted by molar-refractivity contribution is -0.170. The maximum Gasteiger partial charge on any atom is 0.323 e. The number of ether oxygens (including phenoxy) is 2. The fourth-order valence-electron chi connectivity index (χ4n) is 2.20. The number of hydrogen-bond donors (Lipinski definition) is 1. The Bertz CT molecular complexity index is 356. The third-order valence-corrected chi connectivity index (χ3v) is 3.87. The molecule has 0 heterocycles. The van der Waals surface area contributed by atoms with E-state index >= 15 is 0 Å².